The van der Waals surface area contributed by atoms with E-state index in [0.29, 0.717) is 22.0 Å². The number of carbonyl (C=O) groups excluding carboxylic acids is 1. The number of nitrogens with zero attached hydrogens (tertiary/aromatic N) is 1. The Morgan fingerprint density at radius 2 is 2.14 bits per heavy atom. The highest BCUT2D eigenvalue weighted by molar-refractivity contribution is 7.91. The van der Waals surface area contributed by atoms with Crippen molar-refractivity contribution in [2.24, 2.45) is 11.0 Å². The highest BCUT2D eigenvalue weighted by Crippen LogP contribution is 2.22. The number of halogens is 2. The first kappa shape index (κ1) is 16.3. The Morgan fingerprint density at radius 3 is 2.76 bits per heavy atom. The number of nitrogens with one attached hydrogen (secondary N) is 1. The topological polar surface area (TPSA) is 75.6 Å². The number of hydrogen-bond acceptors (Lipinski definition) is 4. The van der Waals surface area contributed by atoms with Crippen LogP contribution < -0.4 is 5.43 Å². The highest BCUT2D eigenvalue weighted by Gasteiger charge is 2.29. The molecule has 21 heavy (non-hydrogen) atoms. The fourth-order valence-corrected chi connectivity index (χ4v) is 4.28. The highest BCUT2D eigenvalue weighted by atomic mass is 35.5. The molecule has 1 aliphatic rings. The summed E-state index contributed by atoms with van der Waals surface area (Å²) in [5.74, 6) is -0.169. The molecule has 0 saturated carbocycles. The van der Waals surface area contributed by atoms with E-state index in [1.54, 1.807) is 18.2 Å². The number of carbonyl (C=O) groups is 1. The van der Waals surface area contributed by atoms with Crippen molar-refractivity contribution in [1.29, 1.82) is 0 Å². The molecule has 1 aliphatic heterocycles. The predicted molar refractivity (Wildman–Crippen MR) is 83.6 cm³/mol. The molecule has 1 aromatic carbocycles. The molecule has 8 heteroatoms. The maximum atomic E-state index is 11.7. The summed E-state index contributed by atoms with van der Waals surface area (Å²) in [6.45, 7) is 0. The van der Waals surface area contributed by atoms with Crippen molar-refractivity contribution in [3.05, 3.63) is 33.8 Å². The second-order valence-electron chi connectivity index (χ2n) is 4.94. The Kier molecular flexibility index (Phi) is 5.24. The minimum absolute atomic E-state index is 0.0803. The number of hydrazone groups is 1. The number of benzene rings is 1. The molecular formula is C13H14Cl2N2O3S. The lowest BCUT2D eigenvalue weighted by atomic mass is 10.1. The van der Waals surface area contributed by atoms with Crippen LogP contribution in [-0.4, -0.2) is 32.0 Å². The monoisotopic (exact) mass is 348 g/mol. The number of hydrogen-bond donors (Lipinski definition) is 1. The first-order chi connectivity index (χ1) is 9.85. The van der Waals surface area contributed by atoms with E-state index in [0.717, 1.165) is 0 Å². The van der Waals surface area contributed by atoms with Gasteiger partial charge < -0.3 is 0 Å². The second-order valence-corrected chi connectivity index (χ2v) is 7.98. The molecule has 0 bridgehead atoms. The Hall–Kier alpha value is -1.11. The fraction of sp³-hybridized carbons (Fsp3) is 0.385. The first-order valence-corrected chi connectivity index (χ1v) is 8.91. The van der Waals surface area contributed by atoms with E-state index in [1.807, 2.05) is 0 Å². The van der Waals surface area contributed by atoms with Gasteiger partial charge in [-0.3, -0.25) is 4.79 Å². The summed E-state index contributed by atoms with van der Waals surface area (Å²) in [4.78, 5) is 11.7. The van der Waals surface area contributed by atoms with Crippen LogP contribution in [0, 0.1) is 5.92 Å². The van der Waals surface area contributed by atoms with Crippen LogP contribution in [0.1, 0.15) is 18.4 Å². The zero-order valence-electron chi connectivity index (χ0n) is 11.1. The quantitative estimate of drug-likeness (QED) is 0.669. The van der Waals surface area contributed by atoms with Gasteiger partial charge in [0.1, 0.15) is 0 Å². The lowest BCUT2D eigenvalue weighted by molar-refractivity contribution is -0.121. The minimum atomic E-state index is -2.96. The van der Waals surface area contributed by atoms with E-state index in [1.165, 1.54) is 6.21 Å². The van der Waals surface area contributed by atoms with Gasteiger partial charge in [-0.2, -0.15) is 5.10 Å². The van der Waals surface area contributed by atoms with Gasteiger partial charge in [-0.05, 0) is 30.0 Å². The van der Waals surface area contributed by atoms with Crippen molar-refractivity contribution in [3.8, 4) is 0 Å². The van der Waals surface area contributed by atoms with E-state index >= 15 is 0 Å². The van der Waals surface area contributed by atoms with E-state index in [4.69, 9.17) is 23.2 Å². The standard InChI is InChI=1S/C13H14Cl2N2O3S/c14-11-2-1-9(5-12(11)15)7-16-17-13(18)6-10-3-4-21(19,20)8-10/h1-2,5,7,10H,3-4,6,8H2,(H,17,18)/b16-7-/t10-/m0/s1. The average molecular weight is 349 g/mol. The lowest BCUT2D eigenvalue weighted by Crippen LogP contribution is -2.21. The molecule has 5 nitrogen and oxygen atoms in total. The van der Waals surface area contributed by atoms with Gasteiger partial charge >= 0.3 is 0 Å². The van der Waals surface area contributed by atoms with E-state index in [9.17, 15) is 13.2 Å². The molecular weight excluding hydrogens is 335 g/mol. The maximum absolute atomic E-state index is 11.7. The molecule has 1 N–H and O–H groups in total. The first-order valence-electron chi connectivity index (χ1n) is 6.33. The molecule has 0 aliphatic carbocycles. The third kappa shape index (κ3) is 4.98. The predicted octanol–water partition coefficient (Wildman–Crippen LogP) is 2.27. The molecule has 1 amide bonds. The van der Waals surface area contributed by atoms with Gasteiger partial charge in [0, 0.05) is 6.42 Å². The zero-order chi connectivity index (χ0) is 15.5. The molecule has 0 unspecified atom stereocenters. The van der Waals surface area contributed by atoms with Gasteiger partial charge in [0.2, 0.25) is 5.91 Å². The normalized spacial score (nSPS) is 20.8. The van der Waals surface area contributed by atoms with Crippen molar-refractivity contribution < 1.29 is 13.2 Å². The third-order valence-electron chi connectivity index (χ3n) is 3.15. The zero-order valence-corrected chi connectivity index (χ0v) is 13.4. The Bertz CT molecular complexity index is 674. The molecule has 1 aromatic rings. The van der Waals surface area contributed by atoms with Crippen LogP contribution in [0.25, 0.3) is 0 Å². The van der Waals surface area contributed by atoms with E-state index < -0.39 is 9.84 Å². The SMILES string of the molecule is O=C(C[C@@H]1CCS(=O)(=O)C1)N/N=C\c1ccc(Cl)c(Cl)c1. The summed E-state index contributed by atoms with van der Waals surface area (Å²) in [7, 11) is -2.96. The van der Waals surface area contributed by atoms with Gasteiger partial charge in [-0.15, -0.1) is 0 Å². The molecule has 0 aromatic heterocycles. The van der Waals surface area contributed by atoms with Crippen LogP contribution >= 0.6 is 23.2 Å². The molecule has 1 fully saturated rings. The van der Waals surface area contributed by atoms with Gasteiger partial charge in [0.05, 0.1) is 27.8 Å². The minimum Gasteiger partial charge on any atom is -0.273 e. The summed E-state index contributed by atoms with van der Waals surface area (Å²) in [6, 6.07) is 4.98. The third-order valence-corrected chi connectivity index (χ3v) is 5.72. The van der Waals surface area contributed by atoms with Crippen molar-refractivity contribution in [3.63, 3.8) is 0 Å². The van der Waals surface area contributed by atoms with E-state index in [2.05, 4.69) is 10.5 Å². The summed E-state index contributed by atoms with van der Waals surface area (Å²) in [5, 5.41) is 4.67. The van der Waals surface area contributed by atoms with Gasteiger partial charge in [-0.1, -0.05) is 29.3 Å². The second kappa shape index (κ2) is 6.77. The van der Waals surface area contributed by atoms with E-state index in [-0.39, 0.29) is 29.8 Å². The van der Waals surface area contributed by atoms with Crippen LogP contribution in [0.3, 0.4) is 0 Å². The summed E-state index contributed by atoms with van der Waals surface area (Å²) in [6.07, 6.45) is 2.15. The molecule has 0 radical (unpaired) electrons. The summed E-state index contributed by atoms with van der Waals surface area (Å²) < 4.78 is 22.6. The molecule has 114 valence electrons. The number of sulfone groups is 1. The summed E-state index contributed by atoms with van der Waals surface area (Å²) in [5.41, 5.74) is 3.08. The molecule has 0 spiro atoms. The Labute approximate surface area is 133 Å². The number of rotatable bonds is 4. The maximum Gasteiger partial charge on any atom is 0.240 e. The van der Waals surface area contributed by atoms with Crippen LogP contribution in [0.2, 0.25) is 10.0 Å². The van der Waals surface area contributed by atoms with Crippen LogP contribution in [0.15, 0.2) is 23.3 Å². The van der Waals surface area contributed by atoms with Crippen molar-refractivity contribution in [2.45, 2.75) is 12.8 Å². The fourth-order valence-electron chi connectivity index (χ4n) is 2.11. The van der Waals surface area contributed by atoms with Gasteiger partial charge in [0.15, 0.2) is 9.84 Å². The van der Waals surface area contributed by atoms with Crippen LogP contribution in [0.5, 0.6) is 0 Å². The number of amides is 1. The summed E-state index contributed by atoms with van der Waals surface area (Å²) >= 11 is 11.6. The van der Waals surface area contributed by atoms with Gasteiger partial charge in [-0.25, -0.2) is 13.8 Å². The molecule has 1 atom stereocenters. The van der Waals surface area contributed by atoms with Crippen molar-refractivity contribution >= 4 is 45.2 Å². The average Bonchev–Trinajstić information content (AvgIpc) is 2.73. The molecule has 2 rings (SSSR count). The van der Waals surface area contributed by atoms with Gasteiger partial charge in [0.25, 0.3) is 0 Å². The molecule has 1 heterocycles. The smallest absolute Gasteiger partial charge is 0.240 e. The lowest BCUT2D eigenvalue weighted by Gasteiger charge is -2.05. The largest absolute Gasteiger partial charge is 0.273 e. The van der Waals surface area contributed by atoms with Crippen molar-refractivity contribution in [1.82, 2.24) is 5.43 Å². The molecule has 1 saturated heterocycles. The van der Waals surface area contributed by atoms with Crippen LogP contribution in [-0.2, 0) is 14.6 Å². The Balaban J connectivity index is 1.83. The van der Waals surface area contributed by atoms with Crippen molar-refractivity contribution in [2.75, 3.05) is 11.5 Å². The van der Waals surface area contributed by atoms with Crippen LogP contribution in [0.4, 0.5) is 0 Å². The Morgan fingerprint density at radius 1 is 1.38 bits per heavy atom.